The van der Waals surface area contributed by atoms with Gasteiger partial charge < -0.3 is 9.88 Å². The number of nitrogens with one attached hydrogen (secondary N) is 2. The van der Waals surface area contributed by atoms with Gasteiger partial charge in [0.25, 0.3) is 7.52 Å². The Morgan fingerprint density at radius 1 is 1.35 bits per heavy atom. The van der Waals surface area contributed by atoms with Crippen LogP contribution in [-0.2, 0) is 11.0 Å². The summed E-state index contributed by atoms with van der Waals surface area (Å²) in [7, 11) is -3.53. The Hall–Kier alpha value is -2.09. The van der Waals surface area contributed by atoms with Crippen LogP contribution in [0.3, 0.4) is 0 Å². The molecule has 3 aromatic rings. The Labute approximate surface area is 113 Å². The van der Waals surface area contributed by atoms with Gasteiger partial charge >= 0.3 is 0 Å². The van der Waals surface area contributed by atoms with Crippen LogP contribution < -0.4 is 5.50 Å². The lowest BCUT2D eigenvalue weighted by atomic mass is 10.1. The molecular weight excluding hydrogens is 281 g/mol. The van der Waals surface area contributed by atoms with E-state index in [2.05, 4.69) is 30.6 Å². The van der Waals surface area contributed by atoms with Crippen molar-refractivity contribution in [3.05, 3.63) is 23.8 Å². The molecule has 0 saturated carbocycles. The number of benzene rings is 1. The predicted octanol–water partition coefficient (Wildman–Crippen LogP) is 0.430. The number of nitrogens with zero attached hydrogens (tertiary/aromatic N) is 4. The Morgan fingerprint density at radius 2 is 2.20 bits per heavy atom. The average molecular weight is 293 g/mol. The molecule has 5 N–H and O–H groups in total. The van der Waals surface area contributed by atoms with Crippen LogP contribution >= 0.6 is 7.52 Å². The normalized spacial score (nSPS) is 14.5. The van der Waals surface area contributed by atoms with Crippen LogP contribution in [0.4, 0.5) is 0 Å². The second-order valence-electron chi connectivity index (χ2n) is 4.38. The number of H-pyrrole nitrogens is 2. The summed E-state index contributed by atoms with van der Waals surface area (Å²) in [5, 5.41) is 13.4. The lowest BCUT2D eigenvalue weighted by Gasteiger charge is -2.05. The molecule has 0 amide bonds. The standard InChI is InChI=1S/C10H12N7O2P/c11-20(18,19)5-4-6-2-1-3-7-8(6)13-9(12-7)10-14-16-17-15-10/h1-3H,4-5H2,(H,12,13)(H3,11,18,19)(H,14,15,16,17). The van der Waals surface area contributed by atoms with Crippen molar-refractivity contribution in [1.82, 2.24) is 30.6 Å². The van der Waals surface area contributed by atoms with Crippen LogP contribution in [0.5, 0.6) is 0 Å². The van der Waals surface area contributed by atoms with Gasteiger partial charge in [0.05, 0.1) is 11.0 Å². The molecule has 0 aliphatic carbocycles. The number of tetrazole rings is 1. The van der Waals surface area contributed by atoms with Crippen molar-refractivity contribution < 1.29 is 9.46 Å². The van der Waals surface area contributed by atoms with E-state index in [0.717, 1.165) is 11.1 Å². The summed E-state index contributed by atoms with van der Waals surface area (Å²) in [5.74, 6) is 0.941. The highest BCUT2D eigenvalue weighted by molar-refractivity contribution is 7.55. The van der Waals surface area contributed by atoms with Gasteiger partial charge in [-0.25, -0.2) is 10.1 Å². The number of aryl methyl sites for hydroxylation is 1. The summed E-state index contributed by atoms with van der Waals surface area (Å²) >= 11 is 0. The fourth-order valence-corrected chi connectivity index (χ4v) is 2.51. The second-order valence-corrected chi connectivity index (χ2v) is 6.34. The Balaban J connectivity index is 1.99. The van der Waals surface area contributed by atoms with E-state index in [1.54, 1.807) is 0 Å². The zero-order valence-electron chi connectivity index (χ0n) is 10.3. The van der Waals surface area contributed by atoms with Gasteiger partial charge in [-0.3, -0.25) is 10.1 Å². The Bertz CT molecular complexity index is 776. The summed E-state index contributed by atoms with van der Waals surface area (Å²) < 4.78 is 11.2. The first-order valence-corrected chi connectivity index (χ1v) is 7.76. The second kappa shape index (κ2) is 4.78. The minimum absolute atomic E-state index is 0.0121. The van der Waals surface area contributed by atoms with Crippen molar-refractivity contribution in [2.45, 2.75) is 6.42 Å². The van der Waals surface area contributed by atoms with Gasteiger partial charge in [0.2, 0.25) is 5.82 Å². The summed E-state index contributed by atoms with van der Waals surface area (Å²) in [6, 6.07) is 5.55. The highest BCUT2D eigenvalue weighted by Crippen LogP contribution is 2.31. The Morgan fingerprint density at radius 3 is 2.90 bits per heavy atom. The number of aromatic amines is 2. The molecule has 1 aromatic carbocycles. The van der Waals surface area contributed by atoms with Crippen molar-refractivity contribution in [3.63, 3.8) is 0 Å². The summed E-state index contributed by atoms with van der Waals surface area (Å²) in [6.07, 6.45) is 0.388. The molecule has 1 unspecified atom stereocenters. The highest BCUT2D eigenvalue weighted by atomic mass is 31.2. The van der Waals surface area contributed by atoms with E-state index in [4.69, 9.17) is 5.50 Å². The molecule has 2 aromatic heterocycles. The van der Waals surface area contributed by atoms with Crippen molar-refractivity contribution in [2.24, 2.45) is 5.50 Å². The largest absolute Gasteiger partial charge is 0.335 e. The Kier molecular flexibility index (Phi) is 3.09. The molecule has 0 aliphatic heterocycles. The quantitative estimate of drug-likeness (QED) is 0.510. The van der Waals surface area contributed by atoms with Crippen molar-refractivity contribution in [3.8, 4) is 11.6 Å². The molecule has 104 valence electrons. The zero-order chi connectivity index (χ0) is 14.2. The summed E-state index contributed by atoms with van der Waals surface area (Å²) in [6.45, 7) is 0. The number of para-hydroxylation sites is 1. The van der Waals surface area contributed by atoms with Crippen LogP contribution in [0.25, 0.3) is 22.7 Å². The maximum absolute atomic E-state index is 11.2. The molecule has 0 spiro atoms. The summed E-state index contributed by atoms with van der Waals surface area (Å²) in [5.41, 5.74) is 7.53. The fraction of sp³-hybridized carbons (Fsp3) is 0.200. The maximum Gasteiger partial charge on any atom is 0.264 e. The molecule has 20 heavy (non-hydrogen) atoms. The van der Waals surface area contributed by atoms with E-state index in [1.807, 2.05) is 18.2 Å². The topological polar surface area (TPSA) is 146 Å². The number of hydrogen-bond donors (Lipinski definition) is 4. The van der Waals surface area contributed by atoms with Gasteiger partial charge in [-0.05, 0) is 28.5 Å². The third-order valence-corrected chi connectivity index (χ3v) is 3.73. The molecule has 0 saturated heterocycles. The van der Waals surface area contributed by atoms with Crippen LogP contribution in [0, 0.1) is 0 Å². The zero-order valence-corrected chi connectivity index (χ0v) is 11.2. The molecule has 3 rings (SSSR count). The van der Waals surface area contributed by atoms with Gasteiger partial charge in [0.15, 0.2) is 5.82 Å². The number of hydrogen-bond acceptors (Lipinski definition) is 5. The van der Waals surface area contributed by atoms with E-state index in [0.29, 0.717) is 23.6 Å². The van der Waals surface area contributed by atoms with Crippen molar-refractivity contribution in [1.29, 1.82) is 0 Å². The molecule has 0 aliphatic rings. The first-order chi connectivity index (χ1) is 9.53. The number of imidazole rings is 1. The van der Waals surface area contributed by atoms with Gasteiger partial charge in [-0.1, -0.05) is 12.1 Å². The minimum Gasteiger partial charge on any atom is -0.335 e. The number of nitrogens with two attached hydrogens (primary N) is 1. The van der Waals surface area contributed by atoms with E-state index in [-0.39, 0.29) is 6.16 Å². The van der Waals surface area contributed by atoms with Gasteiger partial charge in [-0.2, -0.15) is 0 Å². The van der Waals surface area contributed by atoms with Gasteiger partial charge in [0.1, 0.15) is 0 Å². The van der Waals surface area contributed by atoms with E-state index in [1.165, 1.54) is 0 Å². The van der Waals surface area contributed by atoms with E-state index >= 15 is 0 Å². The third-order valence-electron chi connectivity index (χ3n) is 2.87. The van der Waals surface area contributed by atoms with E-state index in [9.17, 15) is 9.46 Å². The van der Waals surface area contributed by atoms with Crippen LogP contribution in [0.1, 0.15) is 5.56 Å². The minimum atomic E-state index is -3.53. The van der Waals surface area contributed by atoms with Crippen LogP contribution in [-0.4, -0.2) is 41.6 Å². The molecule has 0 radical (unpaired) electrons. The molecule has 0 bridgehead atoms. The third kappa shape index (κ3) is 2.60. The van der Waals surface area contributed by atoms with Crippen molar-refractivity contribution in [2.75, 3.05) is 6.16 Å². The monoisotopic (exact) mass is 293 g/mol. The average Bonchev–Trinajstić information content (AvgIpc) is 3.03. The van der Waals surface area contributed by atoms with Crippen LogP contribution in [0.15, 0.2) is 18.2 Å². The lowest BCUT2D eigenvalue weighted by molar-refractivity contribution is 0.479. The fourth-order valence-electron chi connectivity index (χ4n) is 1.95. The number of fused-ring (bicyclic) bond motifs is 1. The molecule has 2 heterocycles. The van der Waals surface area contributed by atoms with E-state index < -0.39 is 7.52 Å². The lowest BCUT2D eigenvalue weighted by Crippen LogP contribution is -2.01. The van der Waals surface area contributed by atoms with Gasteiger partial charge in [0, 0.05) is 6.16 Å². The maximum atomic E-state index is 11.2. The summed E-state index contributed by atoms with van der Waals surface area (Å²) in [4.78, 5) is 16.7. The van der Waals surface area contributed by atoms with Crippen LogP contribution in [0.2, 0.25) is 0 Å². The predicted molar refractivity (Wildman–Crippen MR) is 71.8 cm³/mol. The number of rotatable bonds is 4. The molecule has 0 fully saturated rings. The highest BCUT2D eigenvalue weighted by Gasteiger charge is 2.14. The first-order valence-electron chi connectivity index (χ1n) is 5.85. The molecule has 1 atom stereocenters. The first kappa shape index (κ1) is 12.9. The molecule has 9 nitrogen and oxygen atoms in total. The molecule has 10 heteroatoms. The SMILES string of the molecule is NP(=O)(O)CCc1cccc2[nH]c(-c3nnn[nH]3)nc12. The molecular formula is C10H12N7O2P. The van der Waals surface area contributed by atoms with Crippen molar-refractivity contribution >= 4 is 18.6 Å². The smallest absolute Gasteiger partial charge is 0.264 e. The van der Waals surface area contributed by atoms with Gasteiger partial charge in [-0.15, -0.1) is 5.10 Å². The number of aromatic nitrogens is 6.